The maximum atomic E-state index is 5.44. The van der Waals surface area contributed by atoms with E-state index in [-0.39, 0.29) is 0 Å². The molecule has 1 aromatic carbocycles. The largest absolute Gasteiger partial charge is 0.454 e. The van der Waals surface area contributed by atoms with E-state index in [2.05, 4.69) is 31.3 Å². The Balaban J connectivity index is 1.62. The van der Waals surface area contributed by atoms with Crippen LogP contribution in [0.25, 0.3) is 0 Å². The van der Waals surface area contributed by atoms with Crippen LogP contribution in [0.5, 0.6) is 11.5 Å². The Morgan fingerprint density at radius 2 is 2.05 bits per heavy atom. The van der Waals surface area contributed by atoms with Crippen LogP contribution in [0.4, 0.5) is 0 Å². The summed E-state index contributed by atoms with van der Waals surface area (Å²) < 4.78 is 10.8. The topological polar surface area (TPSA) is 30.5 Å². The van der Waals surface area contributed by atoms with Crippen molar-refractivity contribution in [3.05, 3.63) is 23.8 Å². The molecule has 1 aromatic rings. The van der Waals surface area contributed by atoms with Crippen molar-refractivity contribution in [2.24, 2.45) is 5.41 Å². The van der Waals surface area contributed by atoms with E-state index in [4.69, 9.17) is 9.47 Å². The minimum absolute atomic E-state index is 0.347. The zero-order chi connectivity index (χ0) is 13.3. The molecule has 3 rings (SSSR count). The molecule has 1 N–H and O–H groups in total. The van der Waals surface area contributed by atoms with Crippen LogP contribution in [-0.4, -0.2) is 13.3 Å². The Kier molecular flexibility index (Phi) is 3.40. The fourth-order valence-electron chi connectivity index (χ4n) is 3.00. The van der Waals surface area contributed by atoms with Crippen LogP contribution in [-0.2, 0) is 0 Å². The van der Waals surface area contributed by atoms with Crippen LogP contribution in [0.2, 0.25) is 0 Å². The molecule has 0 radical (unpaired) electrons. The normalized spacial score (nSPS) is 20.9. The molecule has 0 bridgehead atoms. The molecule has 1 aliphatic carbocycles. The van der Waals surface area contributed by atoms with Crippen molar-refractivity contribution in [1.29, 1.82) is 0 Å². The number of nitrogens with one attached hydrogen (secondary N) is 1. The molecule has 1 aliphatic heterocycles. The number of benzene rings is 1. The zero-order valence-electron chi connectivity index (χ0n) is 11.9. The molecular weight excluding hydrogens is 238 g/mol. The number of ether oxygens (including phenoxy) is 2. The maximum absolute atomic E-state index is 5.44. The number of hydrogen-bond acceptors (Lipinski definition) is 3. The van der Waals surface area contributed by atoms with Gasteiger partial charge in [-0.15, -0.1) is 0 Å². The standard InChI is InChI=1S/C16H23NO2/c1-3-16(7-4-8-16)10-17-12(2)13-5-6-14-15(9-13)19-11-18-14/h5-6,9,12,17H,3-4,7-8,10-11H2,1-2H3. The number of rotatable bonds is 5. The molecule has 3 heteroatoms. The fourth-order valence-corrected chi connectivity index (χ4v) is 3.00. The van der Waals surface area contributed by atoms with Crippen LogP contribution in [0.15, 0.2) is 18.2 Å². The van der Waals surface area contributed by atoms with E-state index in [9.17, 15) is 0 Å². The van der Waals surface area contributed by atoms with Crippen LogP contribution >= 0.6 is 0 Å². The minimum Gasteiger partial charge on any atom is -0.454 e. The van der Waals surface area contributed by atoms with Gasteiger partial charge >= 0.3 is 0 Å². The SMILES string of the molecule is CCC1(CNC(C)c2ccc3c(c2)OCO3)CCC1. The molecule has 0 amide bonds. The smallest absolute Gasteiger partial charge is 0.231 e. The predicted octanol–water partition coefficient (Wildman–Crippen LogP) is 3.65. The van der Waals surface area contributed by atoms with Gasteiger partial charge in [0.05, 0.1) is 0 Å². The van der Waals surface area contributed by atoms with Gasteiger partial charge in [0.25, 0.3) is 0 Å². The third-order valence-electron chi connectivity index (χ3n) is 4.84. The highest BCUT2D eigenvalue weighted by Gasteiger charge is 2.34. The first-order valence-corrected chi connectivity index (χ1v) is 7.35. The Bertz CT molecular complexity index is 449. The van der Waals surface area contributed by atoms with Gasteiger partial charge in [0.2, 0.25) is 6.79 Å². The summed E-state index contributed by atoms with van der Waals surface area (Å²) in [6.45, 7) is 6.00. The van der Waals surface area contributed by atoms with Gasteiger partial charge in [-0.2, -0.15) is 0 Å². The molecule has 19 heavy (non-hydrogen) atoms. The van der Waals surface area contributed by atoms with Crippen LogP contribution < -0.4 is 14.8 Å². The van der Waals surface area contributed by atoms with Gasteiger partial charge < -0.3 is 14.8 Å². The highest BCUT2D eigenvalue weighted by atomic mass is 16.7. The Morgan fingerprint density at radius 3 is 2.74 bits per heavy atom. The van der Waals surface area contributed by atoms with Crippen molar-refractivity contribution in [2.75, 3.05) is 13.3 Å². The first-order chi connectivity index (χ1) is 9.22. The predicted molar refractivity (Wildman–Crippen MR) is 75.6 cm³/mol. The van der Waals surface area contributed by atoms with Gasteiger partial charge in [-0.3, -0.25) is 0 Å². The molecule has 0 saturated heterocycles. The van der Waals surface area contributed by atoms with Crippen molar-refractivity contribution in [3.63, 3.8) is 0 Å². The van der Waals surface area contributed by atoms with Crippen molar-refractivity contribution < 1.29 is 9.47 Å². The van der Waals surface area contributed by atoms with Crippen molar-refractivity contribution in [3.8, 4) is 11.5 Å². The summed E-state index contributed by atoms with van der Waals surface area (Å²) in [6, 6.07) is 6.59. The molecule has 3 nitrogen and oxygen atoms in total. The first kappa shape index (κ1) is 12.8. The molecule has 1 heterocycles. The van der Waals surface area contributed by atoms with Crippen molar-refractivity contribution in [1.82, 2.24) is 5.32 Å². The second kappa shape index (κ2) is 5.04. The lowest BCUT2D eigenvalue weighted by molar-refractivity contribution is 0.120. The highest BCUT2D eigenvalue weighted by Crippen LogP contribution is 2.43. The highest BCUT2D eigenvalue weighted by molar-refractivity contribution is 5.45. The Morgan fingerprint density at radius 1 is 1.26 bits per heavy atom. The molecule has 1 atom stereocenters. The summed E-state index contributed by atoms with van der Waals surface area (Å²) in [4.78, 5) is 0. The third-order valence-corrected chi connectivity index (χ3v) is 4.84. The summed E-state index contributed by atoms with van der Waals surface area (Å²) in [5, 5.41) is 3.69. The van der Waals surface area contributed by atoms with Gasteiger partial charge in [0, 0.05) is 12.6 Å². The quantitative estimate of drug-likeness (QED) is 0.877. The summed E-state index contributed by atoms with van der Waals surface area (Å²) >= 11 is 0. The second-order valence-corrected chi connectivity index (χ2v) is 5.92. The van der Waals surface area contributed by atoms with Crippen LogP contribution in [0.1, 0.15) is 51.1 Å². The molecule has 1 unspecified atom stereocenters. The molecular formula is C16H23NO2. The lowest BCUT2D eigenvalue weighted by Crippen LogP contribution is -2.40. The summed E-state index contributed by atoms with van der Waals surface area (Å²) in [5.41, 5.74) is 1.83. The number of fused-ring (bicyclic) bond motifs is 1. The summed E-state index contributed by atoms with van der Waals surface area (Å²) in [6.07, 6.45) is 5.44. The zero-order valence-corrected chi connectivity index (χ0v) is 11.9. The molecule has 0 spiro atoms. The average Bonchev–Trinajstić information content (AvgIpc) is 2.84. The average molecular weight is 261 g/mol. The molecule has 1 saturated carbocycles. The van der Waals surface area contributed by atoms with E-state index >= 15 is 0 Å². The lowest BCUT2D eigenvalue weighted by atomic mass is 9.67. The third kappa shape index (κ3) is 2.44. The Hall–Kier alpha value is -1.22. The van der Waals surface area contributed by atoms with E-state index < -0.39 is 0 Å². The van der Waals surface area contributed by atoms with Crippen LogP contribution in [0.3, 0.4) is 0 Å². The van der Waals surface area contributed by atoms with Gasteiger partial charge in [-0.25, -0.2) is 0 Å². The van der Waals surface area contributed by atoms with E-state index in [0.717, 1.165) is 18.0 Å². The molecule has 0 aromatic heterocycles. The second-order valence-electron chi connectivity index (χ2n) is 5.92. The number of hydrogen-bond donors (Lipinski definition) is 1. The van der Waals surface area contributed by atoms with E-state index in [1.807, 2.05) is 6.07 Å². The monoisotopic (exact) mass is 261 g/mol. The van der Waals surface area contributed by atoms with Crippen molar-refractivity contribution in [2.45, 2.75) is 45.6 Å². The lowest BCUT2D eigenvalue weighted by Gasteiger charge is -2.42. The Labute approximate surface area is 115 Å². The van der Waals surface area contributed by atoms with E-state index in [1.165, 1.54) is 31.2 Å². The molecule has 2 aliphatic rings. The summed E-state index contributed by atoms with van der Waals surface area (Å²) in [7, 11) is 0. The molecule has 1 fully saturated rings. The van der Waals surface area contributed by atoms with Gasteiger partial charge in [-0.1, -0.05) is 19.4 Å². The van der Waals surface area contributed by atoms with Gasteiger partial charge in [0.1, 0.15) is 0 Å². The molecule has 104 valence electrons. The minimum atomic E-state index is 0.347. The summed E-state index contributed by atoms with van der Waals surface area (Å²) in [5.74, 6) is 1.74. The van der Waals surface area contributed by atoms with Gasteiger partial charge in [0.15, 0.2) is 11.5 Å². The van der Waals surface area contributed by atoms with E-state index in [1.54, 1.807) is 0 Å². The van der Waals surface area contributed by atoms with Gasteiger partial charge in [-0.05, 0) is 49.3 Å². The maximum Gasteiger partial charge on any atom is 0.231 e. The first-order valence-electron chi connectivity index (χ1n) is 7.35. The van der Waals surface area contributed by atoms with Crippen molar-refractivity contribution >= 4 is 0 Å². The fraction of sp³-hybridized carbons (Fsp3) is 0.625. The van der Waals surface area contributed by atoms with E-state index in [0.29, 0.717) is 18.2 Å². The van der Waals surface area contributed by atoms with Crippen LogP contribution in [0, 0.1) is 5.41 Å².